The number of amides is 2. The van der Waals surface area contributed by atoms with Crippen molar-refractivity contribution in [2.75, 3.05) is 19.6 Å². The monoisotopic (exact) mass is 495 g/mol. The van der Waals surface area contributed by atoms with Crippen LogP contribution in [-0.4, -0.2) is 68.2 Å². The predicted molar refractivity (Wildman–Crippen MR) is 139 cm³/mol. The molecule has 1 saturated carbocycles. The fraction of sp³-hybridized carbons (Fsp3) is 0.643. The fourth-order valence-electron chi connectivity index (χ4n) is 5.53. The number of ether oxygens (including phenoxy) is 1. The van der Waals surface area contributed by atoms with E-state index in [4.69, 9.17) is 4.74 Å². The molecule has 0 bridgehead atoms. The molecule has 2 amide bonds. The Hall–Kier alpha value is -2.90. The molecule has 2 aliphatic rings. The summed E-state index contributed by atoms with van der Waals surface area (Å²) in [4.78, 5) is 35.0. The third-order valence-electron chi connectivity index (χ3n) is 7.52. The first-order valence-electron chi connectivity index (χ1n) is 13.8. The van der Waals surface area contributed by atoms with E-state index in [1.165, 1.54) is 6.33 Å². The van der Waals surface area contributed by atoms with Gasteiger partial charge in [0.05, 0.1) is 11.6 Å². The van der Waals surface area contributed by atoms with E-state index in [9.17, 15) is 9.59 Å². The number of nitrogens with zero attached hydrogens (tertiary/aromatic N) is 5. The number of aryl methyl sites for hydroxylation is 1. The van der Waals surface area contributed by atoms with E-state index >= 15 is 0 Å². The van der Waals surface area contributed by atoms with Gasteiger partial charge in [-0.15, -0.1) is 0 Å². The van der Waals surface area contributed by atoms with Gasteiger partial charge in [0.25, 0.3) is 5.91 Å². The Bertz CT molecular complexity index is 964. The maximum atomic E-state index is 13.5. The van der Waals surface area contributed by atoms with Crippen LogP contribution in [-0.2, 0) is 11.3 Å². The zero-order valence-corrected chi connectivity index (χ0v) is 21.7. The van der Waals surface area contributed by atoms with Crippen LogP contribution < -0.4 is 4.74 Å². The summed E-state index contributed by atoms with van der Waals surface area (Å²) in [7, 11) is 0. The van der Waals surface area contributed by atoms with E-state index in [1.54, 1.807) is 11.0 Å². The number of fused-ring (bicyclic) bond motifs is 2. The second kappa shape index (κ2) is 13.4. The minimum Gasteiger partial charge on any atom is -0.487 e. The lowest BCUT2D eigenvalue weighted by Gasteiger charge is -2.40. The highest BCUT2D eigenvalue weighted by atomic mass is 16.5. The number of para-hydroxylation sites is 1. The van der Waals surface area contributed by atoms with E-state index in [2.05, 4.69) is 15.0 Å². The second-order valence-corrected chi connectivity index (χ2v) is 10.0. The summed E-state index contributed by atoms with van der Waals surface area (Å²) in [6.45, 7) is 4.96. The SMILES string of the molecule is CCN1CCCCCCCN(C(=O)CCCn2cncn2)[C@@H]2CCCC[C@@H]2Oc2ccccc2C1=O. The minimum atomic E-state index is -0.104. The number of rotatable bonds is 5. The van der Waals surface area contributed by atoms with Gasteiger partial charge >= 0.3 is 0 Å². The summed E-state index contributed by atoms with van der Waals surface area (Å²) >= 11 is 0. The van der Waals surface area contributed by atoms with Crippen molar-refractivity contribution in [1.82, 2.24) is 24.6 Å². The summed E-state index contributed by atoms with van der Waals surface area (Å²) in [5, 5.41) is 4.15. The van der Waals surface area contributed by atoms with E-state index in [-0.39, 0.29) is 24.0 Å². The summed E-state index contributed by atoms with van der Waals surface area (Å²) in [5.74, 6) is 0.879. The molecule has 2 atom stereocenters. The molecule has 4 rings (SSSR count). The Morgan fingerprint density at radius 1 is 1.03 bits per heavy atom. The Labute approximate surface area is 215 Å². The molecule has 0 radical (unpaired) electrons. The molecule has 196 valence electrons. The molecule has 1 fully saturated rings. The van der Waals surface area contributed by atoms with Gasteiger partial charge in [0.2, 0.25) is 5.91 Å². The van der Waals surface area contributed by atoms with Crippen molar-refractivity contribution >= 4 is 11.8 Å². The first-order chi connectivity index (χ1) is 17.7. The summed E-state index contributed by atoms with van der Waals surface area (Å²) in [5.41, 5.74) is 0.629. The van der Waals surface area contributed by atoms with Gasteiger partial charge in [0.1, 0.15) is 24.5 Å². The van der Waals surface area contributed by atoms with Gasteiger partial charge in [0.15, 0.2) is 0 Å². The lowest BCUT2D eigenvalue weighted by Crippen LogP contribution is -2.51. The van der Waals surface area contributed by atoms with Crippen LogP contribution in [0.1, 0.15) is 87.9 Å². The molecule has 1 aromatic heterocycles. The molecule has 1 aliphatic heterocycles. The second-order valence-electron chi connectivity index (χ2n) is 10.0. The van der Waals surface area contributed by atoms with Crippen molar-refractivity contribution < 1.29 is 14.3 Å². The highest BCUT2D eigenvalue weighted by molar-refractivity contribution is 5.97. The van der Waals surface area contributed by atoms with Gasteiger partial charge in [-0.05, 0) is 57.6 Å². The smallest absolute Gasteiger partial charge is 0.257 e. The van der Waals surface area contributed by atoms with Gasteiger partial charge in [-0.1, -0.05) is 37.8 Å². The van der Waals surface area contributed by atoms with E-state index < -0.39 is 0 Å². The van der Waals surface area contributed by atoms with E-state index in [0.29, 0.717) is 30.8 Å². The molecule has 2 heterocycles. The zero-order valence-electron chi connectivity index (χ0n) is 21.7. The van der Waals surface area contributed by atoms with Crippen molar-refractivity contribution in [2.24, 2.45) is 0 Å². The highest BCUT2D eigenvalue weighted by Gasteiger charge is 2.35. The predicted octanol–water partition coefficient (Wildman–Crippen LogP) is 4.70. The molecule has 8 nitrogen and oxygen atoms in total. The van der Waals surface area contributed by atoms with Crippen LogP contribution in [0.4, 0.5) is 0 Å². The van der Waals surface area contributed by atoms with Gasteiger partial charge in [-0.2, -0.15) is 5.10 Å². The van der Waals surface area contributed by atoms with Crippen molar-refractivity contribution in [2.45, 2.75) is 96.2 Å². The molecule has 1 aromatic carbocycles. The van der Waals surface area contributed by atoms with Crippen molar-refractivity contribution in [1.29, 1.82) is 0 Å². The van der Waals surface area contributed by atoms with Crippen molar-refractivity contribution in [3.63, 3.8) is 0 Å². The maximum absolute atomic E-state index is 13.5. The van der Waals surface area contributed by atoms with Gasteiger partial charge < -0.3 is 14.5 Å². The van der Waals surface area contributed by atoms with Crippen LogP contribution in [0.2, 0.25) is 0 Å². The molecule has 0 N–H and O–H groups in total. The maximum Gasteiger partial charge on any atom is 0.257 e. The van der Waals surface area contributed by atoms with Crippen LogP contribution in [0.3, 0.4) is 0 Å². The van der Waals surface area contributed by atoms with E-state index in [0.717, 1.165) is 77.3 Å². The summed E-state index contributed by atoms with van der Waals surface area (Å²) < 4.78 is 8.40. The number of carbonyl (C=O) groups is 2. The third-order valence-corrected chi connectivity index (χ3v) is 7.52. The Morgan fingerprint density at radius 3 is 2.61 bits per heavy atom. The molecular formula is C28H41N5O3. The van der Waals surface area contributed by atoms with Gasteiger partial charge in [0, 0.05) is 32.6 Å². The van der Waals surface area contributed by atoms with Crippen LogP contribution in [0, 0.1) is 0 Å². The summed E-state index contributed by atoms with van der Waals surface area (Å²) in [6, 6.07) is 7.67. The molecule has 0 spiro atoms. The third kappa shape index (κ3) is 6.86. The average molecular weight is 496 g/mol. The molecular weight excluding hydrogens is 454 g/mol. The molecule has 8 heteroatoms. The molecule has 0 unspecified atom stereocenters. The molecule has 0 saturated heterocycles. The number of carbonyl (C=O) groups excluding carboxylic acids is 2. The Balaban J connectivity index is 1.54. The molecule has 1 aliphatic carbocycles. The Morgan fingerprint density at radius 2 is 1.81 bits per heavy atom. The van der Waals surface area contributed by atoms with Crippen LogP contribution >= 0.6 is 0 Å². The quantitative estimate of drug-likeness (QED) is 0.600. The fourth-order valence-corrected chi connectivity index (χ4v) is 5.53. The lowest BCUT2D eigenvalue weighted by atomic mass is 9.90. The summed E-state index contributed by atoms with van der Waals surface area (Å²) in [6.07, 6.45) is 13.7. The van der Waals surface area contributed by atoms with Crippen molar-refractivity contribution in [3.05, 3.63) is 42.5 Å². The standard InChI is InChI=1S/C28H41N5O3/c1-2-31-18-10-4-3-5-11-20-33(27(34)17-12-19-32-22-29-21-30-32)24-14-7-9-16-26(24)36-25-15-8-6-13-23(25)28(31)35/h6,8,13,15,21-22,24,26H,2-5,7,9-12,14,16-20H2,1H3/t24-,26+/m1/s1. The average Bonchev–Trinajstić information content (AvgIpc) is 3.41. The number of hydrogen-bond donors (Lipinski definition) is 0. The largest absolute Gasteiger partial charge is 0.487 e. The molecule has 2 aromatic rings. The van der Waals surface area contributed by atoms with Gasteiger partial charge in [-0.25, -0.2) is 4.98 Å². The van der Waals surface area contributed by atoms with Crippen LogP contribution in [0.15, 0.2) is 36.9 Å². The topological polar surface area (TPSA) is 80.6 Å². The Kier molecular flexibility index (Phi) is 9.76. The minimum absolute atomic E-state index is 0.0354. The zero-order chi connectivity index (χ0) is 25.2. The first-order valence-corrected chi connectivity index (χ1v) is 13.8. The van der Waals surface area contributed by atoms with Crippen LogP contribution in [0.25, 0.3) is 0 Å². The lowest BCUT2D eigenvalue weighted by molar-refractivity contribution is -0.137. The first kappa shape index (κ1) is 26.2. The number of aromatic nitrogens is 3. The highest BCUT2D eigenvalue weighted by Crippen LogP contribution is 2.31. The number of hydrogen-bond acceptors (Lipinski definition) is 5. The van der Waals surface area contributed by atoms with Crippen molar-refractivity contribution in [3.8, 4) is 5.75 Å². The molecule has 36 heavy (non-hydrogen) atoms. The normalized spacial score (nSPS) is 22.1. The van der Waals surface area contributed by atoms with Gasteiger partial charge in [-0.3, -0.25) is 14.3 Å². The van der Waals surface area contributed by atoms with E-state index in [1.807, 2.05) is 36.1 Å². The van der Waals surface area contributed by atoms with Crippen LogP contribution in [0.5, 0.6) is 5.75 Å². The number of benzene rings is 1.